The molecule has 0 atom stereocenters. The maximum Gasteiger partial charge on any atom is 0.195 e. The van der Waals surface area contributed by atoms with Crippen molar-refractivity contribution >= 4 is 46.6 Å². The van der Waals surface area contributed by atoms with Crippen LogP contribution < -0.4 is 26.5 Å². The maximum atomic E-state index is 4.13. The second-order valence-electron chi connectivity index (χ2n) is 24.9. The van der Waals surface area contributed by atoms with E-state index < -0.39 is 0 Å². The molecule has 0 spiro atoms. The van der Waals surface area contributed by atoms with E-state index in [1.54, 1.807) is 0 Å². The first-order valence-electron chi connectivity index (χ1n) is 25.4. The fourth-order valence-corrected chi connectivity index (χ4v) is 12.3. The summed E-state index contributed by atoms with van der Waals surface area (Å²) in [6.45, 7) is 31.5. The standard InChI is InChI=1S/C63H78BN3/c1-40-23-28-53(64-54-21-18-20-44(43-19-16-17-22-55(43)65-14)57(54)67(15)42-25-27-48-50(37-42)61(8,9)32-30-59(48,4)5)45(35-40)46-38-51-52(63(12,13)34-33-62(51,10)11)39-56(46)66-41-24-26-47-49(36-41)60(6,7)31-29-58(47,2)3/h16-28,35-39,64-66H,29-34H2,1-15H3. The van der Waals surface area contributed by atoms with E-state index in [4.69, 9.17) is 0 Å². The number of fused-ring (bicyclic) bond motifs is 3. The van der Waals surface area contributed by atoms with E-state index in [0.717, 1.165) is 13.0 Å². The highest BCUT2D eigenvalue weighted by Crippen LogP contribution is 2.52. The van der Waals surface area contributed by atoms with Crippen LogP contribution in [0.3, 0.4) is 0 Å². The van der Waals surface area contributed by atoms with Gasteiger partial charge in [0, 0.05) is 59.2 Å². The number of hydrogen-bond donors (Lipinski definition) is 2. The van der Waals surface area contributed by atoms with Gasteiger partial charge in [0.25, 0.3) is 0 Å². The molecule has 0 bridgehead atoms. The second kappa shape index (κ2) is 16.5. The molecule has 6 aromatic carbocycles. The predicted molar refractivity (Wildman–Crippen MR) is 295 cm³/mol. The third-order valence-electron chi connectivity index (χ3n) is 17.2. The number of nitrogens with zero attached hydrogens (tertiary/aromatic N) is 1. The highest BCUT2D eigenvalue weighted by Gasteiger charge is 2.40. The number of nitrogens with one attached hydrogen (secondary N) is 2. The Hall–Kier alpha value is -5.22. The molecule has 0 radical (unpaired) electrons. The lowest BCUT2D eigenvalue weighted by atomic mass is 9.59. The van der Waals surface area contributed by atoms with Gasteiger partial charge in [-0.15, -0.1) is 0 Å². The molecule has 3 nitrogen and oxygen atoms in total. The van der Waals surface area contributed by atoms with Crippen LogP contribution in [0, 0.1) is 6.92 Å². The monoisotopic (exact) mass is 888 g/mol. The minimum atomic E-state index is 0.0626. The van der Waals surface area contributed by atoms with Gasteiger partial charge in [0.15, 0.2) is 7.28 Å². The van der Waals surface area contributed by atoms with Crippen molar-refractivity contribution in [1.29, 1.82) is 0 Å². The molecule has 4 heteroatoms. The number of aryl methyl sites for hydroxylation is 1. The third-order valence-corrected chi connectivity index (χ3v) is 17.2. The molecule has 0 saturated carbocycles. The van der Waals surface area contributed by atoms with Crippen molar-refractivity contribution in [2.24, 2.45) is 0 Å². The zero-order valence-corrected chi connectivity index (χ0v) is 43.8. The number of rotatable bonds is 9. The zero-order chi connectivity index (χ0) is 48.1. The molecule has 0 saturated heterocycles. The first-order valence-corrected chi connectivity index (χ1v) is 25.4. The van der Waals surface area contributed by atoms with E-state index in [-0.39, 0.29) is 32.5 Å². The predicted octanol–water partition coefficient (Wildman–Crippen LogP) is 15.3. The number of anilines is 5. The van der Waals surface area contributed by atoms with Gasteiger partial charge in [0.05, 0.1) is 0 Å². The molecule has 3 aliphatic rings. The summed E-state index contributed by atoms with van der Waals surface area (Å²) in [5, 5.41) is 7.66. The molecular weight excluding hydrogens is 810 g/mol. The molecule has 6 aromatic rings. The first-order chi connectivity index (χ1) is 31.4. The maximum absolute atomic E-state index is 4.13. The Morgan fingerprint density at radius 1 is 0.433 bits per heavy atom. The second-order valence-corrected chi connectivity index (χ2v) is 24.9. The minimum Gasteiger partial charge on any atom is -0.388 e. The topological polar surface area (TPSA) is 27.3 Å². The average molecular weight is 888 g/mol. The van der Waals surface area contributed by atoms with Crippen molar-refractivity contribution in [1.82, 2.24) is 0 Å². The number of para-hydroxylation sites is 2. The highest BCUT2D eigenvalue weighted by atomic mass is 15.1. The average Bonchev–Trinajstić information content (AvgIpc) is 3.28. The molecule has 0 aliphatic heterocycles. The van der Waals surface area contributed by atoms with E-state index in [0.29, 0.717) is 0 Å². The van der Waals surface area contributed by atoms with Gasteiger partial charge in [0.1, 0.15) is 0 Å². The van der Waals surface area contributed by atoms with E-state index in [2.05, 4.69) is 222 Å². The van der Waals surface area contributed by atoms with Crippen molar-refractivity contribution in [3.05, 3.63) is 148 Å². The van der Waals surface area contributed by atoms with Crippen LogP contribution in [0.15, 0.2) is 109 Å². The minimum absolute atomic E-state index is 0.0626. The van der Waals surface area contributed by atoms with Crippen LogP contribution in [0.25, 0.3) is 22.3 Å². The van der Waals surface area contributed by atoms with Crippen molar-refractivity contribution in [2.45, 2.75) is 161 Å². The molecule has 0 aromatic heterocycles. The van der Waals surface area contributed by atoms with Crippen molar-refractivity contribution in [3.63, 3.8) is 0 Å². The summed E-state index contributed by atoms with van der Waals surface area (Å²) in [5.74, 6) is 0. The summed E-state index contributed by atoms with van der Waals surface area (Å²) in [6.07, 6.45) is 7.13. The van der Waals surface area contributed by atoms with E-state index in [1.807, 2.05) is 7.05 Å². The normalized spacial score (nSPS) is 19.0. The van der Waals surface area contributed by atoms with Gasteiger partial charge in [-0.2, -0.15) is 0 Å². The van der Waals surface area contributed by atoms with Crippen molar-refractivity contribution in [2.75, 3.05) is 29.6 Å². The van der Waals surface area contributed by atoms with Crippen molar-refractivity contribution in [3.8, 4) is 22.3 Å². The van der Waals surface area contributed by atoms with Crippen LogP contribution in [0.2, 0.25) is 0 Å². The summed E-state index contributed by atoms with van der Waals surface area (Å²) in [5.41, 5.74) is 24.5. The summed E-state index contributed by atoms with van der Waals surface area (Å²) >= 11 is 0. The van der Waals surface area contributed by atoms with Crippen LogP contribution >= 0.6 is 0 Å². The molecule has 0 heterocycles. The Bertz CT molecular complexity index is 2890. The van der Waals surface area contributed by atoms with E-state index in [1.165, 1.54) is 133 Å². The summed E-state index contributed by atoms with van der Waals surface area (Å²) in [4.78, 5) is 2.48. The van der Waals surface area contributed by atoms with E-state index in [9.17, 15) is 0 Å². The quantitative estimate of drug-likeness (QED) is 0.142. The Morgan fingerprint density at radius 3 is 1.57 bits per heavy atom. The largest absolute Gasteiger partial charge is 0.388 e. The lowest BCUT2D eigenvalue weighted by Gasteiger charge is -2.43. The molecule has 3 aliphatic carbocycles. The molecule has 67 heavy (non-hydrogen) atoms. The van der Waals surface area contributed by atoms with Crippen LogP contribution in [0.1, 0.15) is 161 Å². The lowest BCUT2D eigenvalue weighted by molar-refractivity contribution is 0.332. The first kappa shape index (κ1) is 46.9. The zero-order valence-electron chi connectivity index (χ0n) is 43.8. The molecule has 0 unspecified atom stereocenters. The molecule has 348 valence electrons. The van der Waals surface area contributed by atoms with Gasteiger partial charge in [0.2, 0.25) is 0 Å². The third kappa shape index (κ3) is 8.44. The number of hydrogen-bond acceptors (Lipinski definition) is 3. The van der Waals surface area contributed by atoms with Crippen LogP contribution in [0.5, 0.6) is 0 Å². The highest BCUT2D eigenvalue weighted by molar-refractivity contribution is 6.70. The molecule has 0 amide bonds. The van der Waals surface area contributed by atoms with Crippen LogP contribution in [0.4, 0.5) is 28.4 Å². The molecule has 2 N–H and O–H groups in total. The van der Waals surface area contributed by atoms with Crippen LogP contribution in [-0.2, 0) is 32.5 Å². The SMILES string of the molecule is CNc1ccccc1-c1cccc(Bc2ccc(C)cc2-c2cc3c(cc2Nc2ccc4c(c2)C(C)(C)CCC4(C)C)C(C)(C)CCC3(C)C)c1N(C)c1ccc2c(c1)C(C)(C)CCC2(C)C. The number of benzene rings is 6. The lowest BCUT2D eigenvalue weighted by Crippen LogP contribution is -2.35. The fraction of sp³-hybridized carbons (Fsp3) is 0.429. The fourth-order valence-electron chi connectivity index (χ4n) is 12.3. The molecular formula is C63H78BN3. The summed E-state index contributed by atoms with van der Waals surface area (Å²) < 4.78 is 0. The van der Waals surface area contributed by atoms with Crippen molar-refractivity contribution < 1.29 is 0 Å². The Morgan fingerprint density at radius 2 is 0.955 bits per heavy atom. The van der Waals surface area contributed by atoms with E-state index >= 15 is 0 Å². The molecule has 9 rings (SSSR count). The Labute approximate surface area is 405 Å². The van der Waals surface area contributed by atoms with Crippen LogP contribution in [-0.4, -0.2) is 21.4 Å². The van der Waals surface area contributed by atoms with Gasteiger partial charge in [-0.1, -0.05) is 166 Å². The van der Waals surface area contributed by atoms with Gasteiger partial charge in [-0.3, -0.25) is 0 Å². The van der Waals surface area contributed by atoms with Gasteiger partial charge < -0.3 is 15.5 Å². The Kier molecular flexibility index (Phi) is 11.5. The van der Waals surface area contributed by atoms with Gasteiger partial charge in [-0.25, -0.2) is 0 Å². The Balaban J connectivity index is 1.23. The molecule has 0 fully saturated rings. The summed E-state index contributed by atoms with van der Waals surface area (Å²) in [7, 11) is 5.11. The van der Waals surface area contributed by atoms with Gasteiger partial charge >= 0.3 is 0 Å². The smallest absolute Gasteiger partial charge is 0.195 e. The summed E-state index contributed by atoms with van der Waals surface area (Å²) in [6, 6.07) is 42.6. The van der Waals surface area contributed by atoms with Gasteiger partial charge in [-0.05, 0) is 159 Å².